The van der Waals surface area contributed by atoms with Gasteiger partial charge in [-0.25, -0.2) is 0 Å². The van der Waals surface area contributed by atoms with Gasteiger partial charge in [0, 0.05) is 24.4 Å². The van der Waals surface area contributed by atoms with Crippen molar-refractivity contribution in [1.82, 2.24) is 4.98 Å². The summed E-state index contributed by atoms with van der Waals surface area (Å²) in [5.41, 5.74) is 5.91. The highest BCUT2D eigenvalue weighted by Gasteiger charge is 2.40. The highest BCUT2D eigenvalue weighted by Crippen LogP contribution is 2.45. The van der Waals surface area contributed by atoms with Gasteiger partial charge in [-0.05, 0) is 79.5 Å². The molecule has 0 amide bonds. The predicted molar refractivity (Wildman–Crippen MR) is 109 cm³/mol. The van der Waals surface area contributed by atoms with Crippen LogP contribution in [0.5, 0.6) is 0 Å². The summed E-state index contributed by atoms with van der Waals surface area (Å²) in [6.45, 7) is 1.94. The van der Waals surface area contributed by atoms with Gasteiger partial charge in [0.05, 0.1) is 0 Å². The molecule has 0 radical (unpaired) electrons. The second kappa shape index (κ2) is 6.36. The third kappa shape index (κ3) is 2.73. The van der Waals surface area contributed by atoms with E-state index >= 15 is 0 Å². The number of rotatable bonds is 1. The zero-order valence-corrected chi connectivity index (χ0v) is 15.8. The summed E-state index contributed by atoms with van der Waals surface area (Å²) in [4.78, 5) is 18.0. The lowest BCUT2D eigenvalue weighted by Gasteiger charge is -2.46. The summed E-state index contributed by atoms with van der Waals surface area (Å²) >= 11 is 0. The monoisotopic (exact) mass is 361 g/mol. The van der Waals surface area contributed by atoms with Gasteiger partial charge in [0.2, 0.25) is 0 Å². The van der Waals surface area contributed by atoms with Crippen molar-refractivity contribution in [3.8, 4) is 0 Å². The summed E-state index contributed by atoms with van der Waals surface area (Å²) in [5.74, 6) is 1.01. The molecule has 0 unspecified atom stereocenters. The zero-order valence-electron chi connectivity index (χ0n) is 15.8. The number of nitrogens with one attached hydrogen (secondary N) is 2. The molecule has 2 heterocycles. The Kier molecular flexibility index (Phi) is 3.96. The van der Waals surface area contributed by atoms with Gasteiger partial charge in [-0.3, -0.25) is 4.79 Å². The minimum Gasteiger partial charge on any atom is -0.358 e. The van der Waals surface area contributed by atoms with Crippen LogP contribution in [0.2, 0.25) is 0 Å². The van der Waals surface area contributed by atoms with Crippen LogP contribution in [-0.2, 0) is 18.3 Å². The van der Waals surface area contributed by atoms with Gasteiger partial charge in [-0.15, -0.1) is 0 Å². The number of benzene rings is 1. The second-order valence-corrected chi connectivity index (χ2v) is 8.49. The van der Waals surface area contributed by atoms with Crippen LogP contribution in [0.15, 0.2) is 35.1 Å². The van der Waals surface area contributed by atoms with E-state index in [4.69, 9.17) is 5.41 Å². The number of anilines is 1. The maximum absolute atomic E-state index is 12.5. The molecule has 0 bridgehead atoms. The first kappa shape index (κ1) is 16.8. The van der Waals surface area contributed by atoms with E-state index in [2.05, 4.69) is 40.2 Å². The maximum atomic E-state index is 12.5. The summed E-state index contributed by atoms with van der Waals surface area (Å²) in [6.07, 6.45) is 8.45. The molecule has 4 nitrogen and oxygen atoms in total. The number of hydrogen-bond donors (Lipinski definition) is 2. The van der Waals surface area contributed by atoms with E-state index in [-0.39, 0.29) is 11.0 Å². The fraction of sp³-hybridized carbons (Fsp3) is 0.478. The van der Waals surface area contributed by atoms with E-state index in [1.54, 1.807) is 0 Å². The van der Waals surface area contributed by atoms with Crippen molar-refractivity contribution in [3.63, 3.8) is 0 Å². The quantitative estimate of drug-likeness (QED) is 0.808. The SMILES string of the molecule is N=C1CCC2(CCN(c3cc4c(c(=O)[nH]3)CCCC4)CC2)c2ccccc21. The molecule has 1 aliphatic heterocycles. The first-order chi connectivity index (χ1) is 13.2. The number of aromatic nitrogens is 1. The van der Waals surface area contributed by atoms with Crippen molar-refractivity contribution >= 4 is 11.5 Å². The number of nitrogens with zero attached hydrogens (tertiary/aromatic N) is 1. The van der Waals surface area contributed by atoms with Crippen LogP contribution < -0.4 is 10.5 Å². The molecule has 1 aromatic heterocycles. The topological polar surface area (TPSA) is 60.0 Å². The van der Waals surface area contributed by atoms with Gasteiger partial charge in [0.25, 0.3) is 5.56 Å². The molecule has 4 heteroatoms. The molecule has 0 saturated carbocycles. The Morgan fingerprint density at radius 2 is 1.78 bits per heavy atom. The number of aromatic amines is 1. The van der Waals surface area contributed by atoms with E-state index in [9.17, 15) is 4.79 Å². The number of pyridine rings is 1. The largest absolute Gasteiger partial charge is 0.358 e. The lowest BCUT2D eigenvalue weighted by atomic mass is 9.64. The average molecular weight is 361 g/mol. The molecule has 27 heavy (non-hydrogen) atoms. The minimum absolute atomic E-state index is 0.124. The Bertz CT molecular complexity index is 950. The molecule has 140 valence electrons. The molecular formula is C23H27N3O. The van der Waals surface area contributed by atoms with Gasteiger partial charge < -0.3 is 15.3 Å². The van der Waals surface area contributed by atoms with Crippen molar-refractivity contribution in [2.75, 3.05) is 18.0 Å². The lowest BCUT2D eigenvalue weighted by Crippen LogP contribution is -2.45. The number of fused-ring (bicyclic) bond motifs is 3. The normalized spacial score (nSPS) is 21.0. The van der Waals surface area contributed by atoms with Gasteiger partial charge in [0.15, 0.2) is 0 Å². The molecular weight excluding hydrogens is 334 g/mol. The standard InChI is InChI=1S/C23H27N3O/c24-20-9-10-23(19-8-4-3-7-18(19)20)11-13-26(14-12-23)21-15-16-5-1-2-6-17(16)22(27)25-21/h3-4,7-8,15,24H,1-2,5-6,9-14H2,(H,25,27). The van der Waals surface area contributed by atoms with E-state index in [0.717, 1.165) is 80.7 Å². The molecule has 2 N–H and O–H groups in total. The maximum Gasteiger partial charge on any atom is 0.252 e. The Labute approximate surface area is 160 Å². The Morgan fingerprint density at radius 3 is 2.63 bits per heavy atom. The summed E-state index contributed by atoms with van der Waals surface area (Å²) in [5, 5.41) is 8.31. The molecule has 2 aliphatic carbocycles. The van der Waals surface area contributed by atoms with Crippen LogP contribution in [0.1, 0.15) is 60.8 Å². The molecule has 3 aliphatic rings. The fourth-order valence-corrected chi connectivity index (χ4v) is 5.45. The Morgan fingerprint density at radius 1 is 1.00 bits per heavy atom. The van der Waals surface area contributed by atoms with Gasteiger partial charge in [0.1, 0.15) is 5.82 Å². The van der Waals surface area contributed by atoms with Gasteiger partial charge in [-0.2, -0.15) is 0 Å². The predicted octanol–water partition coefficient (Wildman–Crippen LogP) is 3.95. The van der Waals surface area contributed by atoms with Crippen LogP contribution in [0, 0.1) is 5.41 Å². The van der Waals surface area contributed by atoms with Crippen molar-refractivity contribution in [3.05, 3.63) is 62.9 Å². The van der Waals surface area contributed by atoms with Crippen LogP contribution in [0.4, 0.5) is 5.82 Å². The Hall–Kier alpha value is -2.36. The second-order valence-electron chi connectivity index (χ2n) is 8.49. The molecule has 0 atom stereocenters. The third-order valence-corrected chi connectivity index (χ3v) is 7.08. The minimum atomic E-state index is 0.124. The highest BCUT2D eigenvalue weighted by atomic mass is 16.1. The van der Waals surface area contributed by atoms with E-state index < -0.39 is 0 Å². The van der Waals surface area contributed by atoms with Crippen LogP contribution in [0.25, 0.3) is 0 Å². The fourth-order valence-electron chi connectivity index (χ4n) is 5.45. The highest BCUT2D eigenvalue weighted by molar-refractivity contribution is 6.01. The molecule has 1 aromatic carbocycles. The van der Waals surface area contributed by atoms with Crippen molar-refractivity contribution < 1.29 is 0 Å². The molecule has 5 rings (SSSR count). The Balaban J connectivity index is 1.41. The first-order valence-corrected chi connectivity index (χ1v) is 10.3. The molecule has 1 saturated heterocycles. The number of aryl methyl sites for hydroxylation is 1. The van der Waals surface area contributed by atoms with E-state index in [0.29, 0.717) is 0 Å². The smallest absolute Gasteiger partial charge is 0.252 e. The summed E-state index contributed by atoms with van der Waals surface area (Å²) in [7, 11) is 0. The van der Waals surface area contributed by atoms with Crippen molar-refractivity contribution in [1.29, 1.82) is 5.41 Å². The summed E-state index contributed by atoms with van der Waals surface area (Å²) in [6, 6.07) is 10.8. The molecule has 2 aromatic rings. The van der Waals surface area contributed by atoms with Crippen LogP contribution in [0.3, 0.4) is 0 Å². The molecule has 1 fully saturated rings. The number of hydrogen-bond acceptors (Lipinski definition) is 3. The van der Waals surface area contributed by atoms with E-state index in [1.165, 1.54) is 17.5 Å². The molecule has 1 spiro atoms. The zero-order chi connectivity index (χ0) is 18.4. The van der Waals surface area contributed by atoms with Crippen molar-refractivity contribution in [2.24, 2.45) is 0 Å². The average Bonchev–Trinajstić information content (AvgIpc) is 2.72. The van der Waals surface area contributed by atoms with Crippen LogP contribution >= 0.6 is 0 Å². The van der Waals surface area contributed by atoms with E-state index in [1.807, 2.05) is 0 Å². The van der Waals surface area contributed by atoms with Crippen molar-refractivity contribution in [2.45, 2.75) is 56.8 Å². The third-order valence-electron chi connectivity index (χ3n) is 7.08. The number of H-pyrrole nitrogens is 1. The number of piperidine rings is 1. The van der Waals surface area contributed by atoms with Gasteiger partial charge in [-0.1, -0.05) is 24.3 Å². The van der Waals surface area contributed by atoms with Gasteiger partial charge >= 0.3 is 0 Å². The lowest BCUT2D eigenvalue weighted by molar-refractivity contribution is 0.307. The summed E-state index contributed by atoms with van der Waals surface area (Å²) < 4.78 is 0. The van der Waals surface area contributed by atoms with Crippen LogP contribution in [-0.4, -0.2) is 23.8 Å². The first-order valence-electron chi connectivity index (χ1n) is 10.3.